The molecule has 1 aromatic heterocycles. The van der Waals surface area contributed by atoms with E-state index in [0.717, 1.165) is 19.3 Å². The first-order valence-electron chi connectivity index (χ1n) is 4.41. The third-order valence-corrected chi connectivity index (χ3v) is 2.84. The monoisotopic (exact) mass is 193 g/mol. The number of hydrogen-bond acceptors (Lipinski definition) is 4. The van der Waals surface area contributed by atoms with Gasteiger partial charge in [-0.3, -0.25) is 14.5 Å². The third-order valence-electron chi connectivity index (χ3n) is 2.84. The number of allylic oxidation sites excluding steroid dienone is 1. The number of H-pyrrole nitrogens is 1. The van der Waals surface area contributed by atoms with Crippen LogP contribution in [0.25, 0.3) is 0 Å². The van der Waals surface area contributed by atoms with E-state index in [1.165, 1.54) is 0 Å². The zero-order chi connectivity index (χ0) is 10.2. The summed E-state index contributed by atoms with van der Waals surface area (Å²) in [7, 11) is 0. The first-order chi connectivity index (χ1) is 6.69. The minimum absolute atomic E-state index is 0.339. The Balaban J connectivity index is 2.42. The van der Waals surface area contributed by atoms with Crippen molar-refractivity contribution >= 4 is 6.72 Å². The van der Waals surface area contributed by atoms with Crippen molar-refractivity contribution in [2.45, 2.75) is 24.7 Å². The predicted molar refractivity (Wildman–Crippen MR) is 51.3 cm³/mol. The van der Waals surface area contributed by atoms with E-state index in [4.69, 9.17) is 0 Å². The van der Waals surface area contributed by atoms with E-state index in [-0.39, 0.29) is 5.41 Å². The molecule has 0 bridgehead atoms. The first kappa shape index (κ1) is 8.93. The molecule has 0 atom stereocenters. The van der Waals surface area contributed by atoms with Gasteiger partial charge in [-0.2, -0.15) is 0 Å². The van der Waals surface area contributed by atoms with Crippen LogP contribution in [0.1, 0.15) is 25.1 Å². The molecule has 1 fully saturated rings. The summed E-state index contributed by atoms with van der Waals surface area (Å²) in [6, 6.07) is 0. The summed E-state index contributed by atoms with van der Waals surface area (Å²) in [6.45, 7) is 7.26. The smallest absolute Gasteiger partial charge is 0.296 e. The normalized spacial score (nSPS) is 18.6. The van der Waals surface area contributed by atoms with Gasteiger partial charge in [0.2, 0.25) is 0 Å². The second kappa shape index (κ2) is 2.94. The molecular weight excluding hydrogens is 182 g/mol. The van der Waals surface area contributed by atoms with Crippen molar-refractivity contribution in [1.82, 2.24) is 10.1 Å². The van der Waals surface area contributed by atoms with Gasteiger partial charge in [-0.15, -0.1) is 0 Å². The Kier molecular flexibility index (Phi) is 1.87. The van der Waals surface area contributed by atoms with Crippen molar-refractivity contribution in [1.29, 1.82) is 0 Å². The Morgan fingerprint density at radius 2 is 2.36 bits per heavy atom. The highest BCUT2D eigenvalue weighted by Gasteiger charge is 2.44. The highest BCUT2D eigenvalue weighted by atomic mass is 16.5. The average Bonchev–Trinajstić information content (AvgIpc) is 2.50. The molecule has 1 heterocycles. The summed E-state index contributed by atoms with van der Waals surface area (Å²) in [6.07, 6.45) is 2.84. The van der Waals surface area contributed by atoms with Crippen molar-refractivity contribution in [3.05, 3.63) is 28.7 Å². The number of aliphatic imine (C=N–C) groups is 1. The van der Waals surface area contributed by atoms with Crippen LogP contribution in [0.15, 0.2) is 26.6 Å². The third kappa shape index (κ3) is 1.05. The molecule has 74 valence electrons. The molecule has 0 spiro atoms. The fourth-order valence-corrected chi connectivity index (χ4v) is 1.78. The molecular formula is C9H11N3O2. The highest BCUT2D eigenvalue weighted by Crippen LogP contribution is 2.47. The molecule has 14 heavy (non-hydrogen) atoms. The van der Waals surface area contributed by atoms with Gasteiger partial charge in [0, 0.05) is 5.70 Å². The second-order valence-corrected chi connectivity index (χ2v) is 3.48. The maximum Gasteiger partial charge on any atom is 0.438 e. The number of nitrogens with one attached hydrogen (secondary N) is 1. The van der Waals surface area contributed by atoms with Gasteiger partial charge in [0.1, 0.15) is 0 Å². The molecule has 1 aliphatic rings. The standard InChI is InChI=1S/C9H11N3O2/c1-6(10-2)9(4-3-5-9)7-11-8(13)14-12-7/h1-5H2,(H,11,12,13). The van der Waals surface area contributed by atoms with Crippen molar-refractivity contribution in [2.75, 3.05) is 0 Å². The van der Waals surface area contributed by atoms with Crippen LogP contribution in [0.3, 0.4) is 0 Å². The van der Waals surface area contributed by atoms with E-state index in [1.807, 2.05) is 0 Å². The number of aromatic amines is 1. The van der Waals surface area contributed by atoms with Gasteiger partial charge >= 0.3 is 5.76 Å². The van der Waals surface area contributed by atoms with Crippen molar-refractivity contribution < 1.29 is 4.52 Å². The lowest BCUT2D eigenvalue weighted by Gasteiger charge is -2.38. The summed E-state index contributed by atoms with van der Waals surface area (Å²) < 4.78 is 4.48. The number of rotatable bonds is 3. The molecule has 1 aromatic rings. The molecule has 0 amide bonds. The van der Waals surface area contributed by atoms with E-state index >= 15 is 0 Å². The molecule has 0 aliphatic heterocycles. The summed E-state index contributed by atoms with van der Waals surface area (Å²) in [5, 5.41) is 3.69. The second-order valence-electron chi connectivity index (χ2n) is 3.48. The molecule has 0 saturated heterocycles. The molecule has 0 radical (unpaired) electrons. The number of hydrogen-bond donors (Lipinski definition) is 1. The quantitative estimate of drug-likeness (QED) is 0.728. The zero-order valence-electron chi connectivity index (χ0n) is 7.75. The van der Waals surface area contributed by atoms with Crippen LogP contribution < -0.4 is 5.76 Å². The van der Waals surface area contributed by atoms with Gasteiger partial charge in [-0.25, -0.2) is 4.79 Å². The summed E-state index contributed by atoms with van der Waals surface area (Å²) in [5.41, 5.74) is 0.307. The van der Waals surface area contributed by atoms with E-state index < -0.39 is 5.76 Å². The van der Waals surface area contributed by atoms with Gasteiger partial charge in [0.15, 0.2) is 5.82 Å². The summed E-state index contributed by atoms with van der Waals surface area (Å²) >= 11 is 0. The summed E-state index contributed by atoms with van der Waals surface area (Å²) in [5.74, 6) is -0.0192. The summed E-state index contributed by atoms with van der Waals surface area (Å²) in [4.78, 5) is 17.2. The first-order valence-corrected chi connectivity index (χ1v) is 4.41. The average molecular weight is 193 g/mol. The lowest BCUT2D eigenvalue weighted by atomic mass is 9.66. The van der Waals surface area contributed by atoms with Gasteiger partial charge in [-0.05, 0) is 19.6 Å². The van der Waals surface area contributed by atoms with Crippen molar-refractivity contribution in [3.8, 4) is 0 Å². The maximum atomic E-state index is 10.8. The largest absolute Gasteiger partial charge is 0.438 e. The van der Waals surface area contributed by atoms with E-state index in [9.17, 15) is 4.79 Å². The lowest BCUT2D eigenvalue weighted by Crippen LogP contribution is -2.36. The minimum Gasteiger partial charge on any atom is -0.296 e. The Hall–Kier alpha value is -1.65. The molecule has 2 rings (SSSR count). The Morgan fingerprint density at radius 3 is 2.71 bits per heavy atom. The van der Waals surface area contributed by atoms with Gasteiger partial charge in [0.25, 0.3) is 0 Å². The van der Waals surface area contributed by atoms with Gasteiger partial charge < -0.3 is 0 Å². The van der Waals surface area contributed by atoms with Crippen LogP contribution in [-0.4, -0.2) is 16.9 Å². The minimum atomic E-state index is -0.539. The Labute approximate surface area is 80.5 Å². The SMILES string of the molecule is C=NC(=C)C1(c2noc(=O)[nH]2)CCC1. The molecule has 1 N–H and O–H groups in total. The fraction of sp³-hybridized carbons (Fsp3) is 0.444. The fourth-order valence-electron chi connectivity index (χ4n) is 1.78. The number of aromatic nitrogens is 2. The zero-order valence-corrected chi connectivity index (χ0v) is 7.75. The van der Waals surface area contributed by atoms with Crippen LogP contribution in [-0.2, 0) is 5.41 Å². The van der Waals surface area contributed by atoms with Crippen LogP contribution in [0.2, 0.25) is 0 Å². The van der Waals surface area contributed by atoms with Crippen molar-refractivity contribution in [3.63, 3.8) is 0 Å². The van der Waals surface area contributed by atoms with Crippen LogP contribution >= 0.6 is 0 Å². The molecule has 5 nitrogen and oxygen atoms in total. The topological polar surface area (TPSA) is 71.2 Å². The highest BCUT2D eigenvalue weighted by molar-refractivity contribution is 5.36. The predicted octanol–water partition coefficient (Wildman–Crippen LogP) is 0.999. The van der Waals surface area contributed by atoms with Crippen LogP contribution in [0.5, 0.6) is 0 Å². The Bertz CT molecular complexity index is 425. The lowest BCUT2D eigenvalue weighted by molar-refractivity contribution is 0.264. The van der Waals surface area contributed by atoms with E-state index in [2.05, 4.69) is 33.0 Å². The van der Waals surface area contributed by atoms with Crippen molar-refractivity contribution in [2.24, 2.45) is 4.99 Å². The maximum absolute atomic E-state index is 10.8. The molecule has 1 aliphatic carbocycles. The van der Waals surface area contributed by atoms with Crippen LogP contribution in [0, 0.1) is 0 Å². The van der Waals surface area contributed by atoms with Gasteiger partial charge in [-0.1, -0.05) is 18.2 Å². The molecule has 0 unspecified atom stereocenters. The molecule has 0 aromatic carbocycles. The van der Waals surface area contributed by atoms with Crippen LogP contribution in [0.4, 0.5) is 0 Å². The van der Waals surface area contributed by atoms with E-state index in [1.54, 1.807) is 0 Å². The van der Waals surface area contributed by atoms with E-state index in [0.29, 0.717) is 11.5 Å². The molecule has 5 heteroatoms. The molecule has 1 saturated carbocycles. The Morgan fingerprint density at radius 1 is 1.64 bits per heavy atom. The number of nitrogens with zero attached hydrogens (tertiary/aromatic N) is 2. The van der Waals surface area contributed by atoms with Gasteiger partial charge in [0.05, 0.1) is 5.41 Å².